The van der Waals surface area contributed by atoms with Gasteiger partial charge in [0.1, 0.15) is 11.5 Å². The summed E-state index contributed by atoms with van der Waals surface area (Å²) >= 11 is 0. The van der Waals surface area contributed by atoms with E-state index in [0.717, 1.165) is 34.8 Å². The summed E-state index contributed by atoms with van der Waals surface area (Å²) < 4.78 is 12.2. The maximum absolute atomic E-state index is 6.42. The van der Waals surface area contributed by atoms with Crippen molar-refractivity contribution in [2.24, 2.45) is 5.10 Å². The molecule has 0 aromatic heterocycles. The Morgan fingerprint density at radius 2 is 1.70 bits per heavy atom. The number of benzene rings is 3. The molecule has 30 heavy (non-hydrogen) atoms. The Balaban J connectivity index is 1.50. The average molecular weight is 399 g/mol. The van der Waals surface area contributed by atoms with Gasteiger partial charge >= 0.3 is 0 Å². The zero-order chi connectivity index (χ0) is 20.7. The quantitative estimate of drug-likeness (QED) is 0.538. The van der Waals surface area contributed by atoms with Crippen LogP contribution in [0.15, 0.2) is 77.9 Å². The summed E-state index contributed by atoms with van der Waals surface area (Å²) in [4.78, 5) is 0. The van der Waals surface area contributed by atoms with Crippen LogP contribution in [-0.4, -0.2) is 16.8 Å². The first-order valence-electron chi connectivity index (χ1n) is 10.5. The number of hydrazone groups is 1. The first kappa shape index (κ1) is 18.7. The molecule has 0 spiro atoms. The van der Waals surface area contributed by atoms with Gasteiger partial charge in [0.25, 0.3) is 0 Å². The van der Waals surface area contributed by atoms with Gasteiger partial charge in [-0.25, -0.2) is 5.01 Å². The molecule has 2 aliphatic heterocycles. The molecule has 0 aliphatic carbocycles. The van der Waals surface area contributed by atoms with Crippen molar-refractivity contribution in [2.75, 3.05) is 0 Å². The Morgan fingerprint density at radius 1 is 0.967 bits per heavy atom. The highest BCUT2D eigenvalue weighted by Crippen LogP contribution is 2.47. The summed E-state index contributed by atoms with van der Waals surface area (Å²) in [5.41, 5.74) is 5.75. The van der Waals surface area contributed by atoms with Crippen LogP contribution in [-0.2, 0) is 0 Å². The minimum atomic E-state index is -0.230. The van der Waals surface area contributed by atoms with Gasteiger partial charge < -0.3 is 9.47 Å². The molecule has 2 unspecified atom stereocenters. The van der Waals surface area contributed by atoms with Crippen LogP contribution in [0, 0.1) is 6.92 Å². The Hall–Kier alpha value is -3.27. The Kier molecular flexibility index (Phi) is 4.70. The summed E-state index contributed by atoms with van der Waals surface area (Å²) in [6.07, 6.45) is 0.789. The normalized spacial score (nSPS) is 19.7. The van der Waals surface area contributed by atoms with Crippen molar-refractivity contribution in [3.63, 3.8) is 0 Å². The lowest BCUT2D eigenvalue weighted by atomic mass is 9.96. The van der Waals surface area contributed by atoms with E-state index in [-0.39, 0.29) is 18.4 Å². The van der Waals surface area contributed by atoms with Gasteiger partial charge in [-0.15, -0.1) is 0 Å². The van der Waals surface area contributed by atoms with Gasteiger partial charge in [0.2, 0.25) is 6.23 Å². The van der Waals surface area contributed by atoms with Crippen molar-refractivity contribution in [1.29, 1.82) is 0 Å². The molecule has 0 amide bonds. The topological polar surface area (TPSA) is 34.1 Å². The first-order valence-corrected chi connectivity index (χ1v) is 10.5. The van der Waals surface area contributed by atoms with Crippen LogP contribution in [0.25, 0.3) is 0 Å². The molecule has 0 radical (unpaired) electrons. The minimum absolute atomic E-state index is 0.164. The van der Waals surface area contributed by atoms with Gasteiger partial charge in [-0.2, -0.15) is 5.10 Å². The third-order valence-electron chi connectivity index (χ3n) is 5.62. The van der Waals surface area contributed by atoms with Gasteiger partial charge in [-0.3, -0.25) is 0 Å². The van der Waals surface area contributed by atoms with E-state index < -0.39 is 0 Å². The van der Waals surface area contributed by atoms with E-state index in [0.29, 0.717) is 0 Å². The Bertz CT molecular complexity index is 1070. The van der Waals surface area contributed by atoms with E-state index in [1.165, 1.54) is 11.1 Å². The molecule has 0 saturated carbocycles. The predicted octanol–water partition coefficient (Wildman–Crippen LogP) is 6.02. The van der Waals surface area contributed by atoms with Crippen molar-refractivity contribution in [3.05, 3.63) is 95.1 Å². The second-order valence-corrected chi connectivity index (χ2v) is 8.26. The largest absolute Gasteiger partial charge is 0.491 e. The van der Waals surface area contributed by atoms with E-state index in [1.807, 2.05) is 32.0 Å². The van der Waals surface area contributed by atoms with Gasteiger partial charge in [-0.05, 0) is 56.7 Å². The Labute approximate surface area is 177 Å². The van der Waals surface area contributed by atoms with Crippen molar-refractivity contribution < 1.29 is 9.47 Å². The fourth-order valence-corrected chi connectivity index (χ4v) is 4.16. The van der Waals surface area contributed by atoms with Crippen molar-refractivity contribution in [1.82, 2.24) is 5.01 Å². The number of ether oxygens (including phenoxy) is 2. The smallest absolute Gasteiger partial charge is 0.213 e. The zero-order valence-electron chi connectivity index (χ0n) is 17.6. The molecule has 4 nitrogen and oxygen atoms in total. The lowest BCUT2D eigenvalue weighted by Crippen LogP contribution is -2.33. The fraction of sp³-hybridized carbons (Fsp3) is 0.269. The number of aryl methyl sites for hydroxylation is 1. The van der Waals surface area contributed by atoms with Crippen molar-refractivity contribution in [2.45, 2.75) is 45.6 Å². The number of nitrogens with zero attached hydrogens (tertiary/aromatic N) is 2. The highest BCUT2D eigenvalue weighted by atomic mass is 16.5. The molecule has 0 bridgehead atoms. The molecule has 2 heterocycles. The lowest BCUT2D eigenvalue weighted by molar-refractivity contribution is -0.0190. The number of rotatable bonds is 4. The molecular formula is C26H26N2O2. The van der Waals surface area contributed by atoms with Crippen LogP contribution in [0.1, 0.15) is 54.8 Å². The third kappa shape index (κ3) is 3.43. The summed E-state index contributed by atoms with van der Waals surface area (Å²) in [6.45, 7) is 6.17. The van der Waals surface area contributed by atoms with Gasteiger partial charge in [0, 0.05) is 17.5 Å². The summed E-state index contributed by atoms with van der Waals surface area (Å²) in [5.74, 6) is 1.83. The highest BCUT2D eigenvalue weighted by Gasteiger charge is 2.40. The fourth-order valence-electron chi connectivity index (χ4n) is 4.16. The van der Waals surface area contributed by atoms with E-state index in [2.05, 4.69) is 66.5 Å². The Morgan fingerprint density at radius 3 is 2.43 bits per heavy atom. The highest BCUT2D eigenvalue weighted by molar-refractivity contribution is 6.02. The van der Waals surface area contributed by atoms with Crippen LogP contribution in [0.2, 0.25) is 0 Å². The summed E-state index contributed by atoms with van der Waals surface area (Å²) in [7, 11) is 0. The monoisotopic (exact) mass is 398 g/mol. The molecule has 152 valence electrons. The van der Waals surface area contributed by atoms with Gasteiger partial charge in [0.05, 0.1) is 17.9 Å². The van der Waals surface area contributed by atoms with E-state index in [4.69, 9.17) is 14.6 Å². The van der Waals surface area contributed by atoms with Crippen LogP contribution < -0.4 is 9.47 Å². The first-order chi connectivity index (χ1) is 14.6. The lowest BCUT2D eigenvalue weighted by Gasteiger charge is -2.38. The average Bonchev–Trinajstić information content (AvgIpc) is 3.20. The molecule has 2 atom stereocenters. The van der Waals surface area contributed by atoms with Crippen LogP contribution >= 0.6 is 0 Å². The third-order valence-corrected chi connectivity index (χ3v) is 5.62. The SMILES string of the molecule is Cc1ccc(C2Oc3ccccc3C3CC(c4ccc(OC(C)C)cc4)=NN32)cc1. The summed E-state index contributed by atoms with van der Waals surface area (Å²) in [6, 6.07) is 25.3. The number of hydrogen-bond acceptors (Lipinski definition) is 4. The maximum Gasteiger partial charge on any atom is 0.213 e. The molecule has 3 aromatic carbocycles. The molecule has 3 aromatic rings. The molecule has 4 heteroatoms. The molecule has 0 fully saturated rings. The molecule has 2 aliphatic rings. The molecular weight excluding hydrogens is 372 g/mol. The van der Waals surface area contributed by atoms with Gasteiger partial charge in [0.15, 0.2) is 0 Å². The number of fused-ring (bicyclic) bond motifs is 3. The van der Waals surface area contributed by atoms with Crippen molar-refractivity contribution in [3.8, 4) is 11.5 Å². The molecule has 5 rings (SSSR count). The van der Waals surface area contributed by atoms with E-state index in [1.54, 1.807) is 0 Å². The second kappa shape index (κ2) is 7.52. The molecule has 0 N–H and O–H groups in total. The van der Waals surface area contributed by atoms with Crippen LogP contribution in [0.3, 0.4) is 0 Å². The number of hydrogen-bond donors (Lipinski definition) is 0. The maximum atomic E-state index is 6.42. The van der Waals surface area contributed by atoms with Gasteiger partial charge in [-0.1, -0.05) is 48.0 Å². The van der Waals surface area contributed by atoms with Crippen LogP contribution in [0.5, 0.6) is 11.5 Å². The van der Waals surface area contributed by atoms with Crippen LogP contribution in [0.4, 0.5) is 0 Å². The number of para-hydroxylation sites is 1. The predicted molar refractivity (Wildman–Crippen MR) is 119 cm³/mol. The van der Waals surface area contributed by atoms with E-state index >= 15 is 0 Å². The zero-order valence-corrected chi connectivity index (χ0v) is 17.6. The standard InChI is InChI=1S/C26H26N2O2/c1-17(2)29-21-14-12-19(13-15-21)23-16-24-22-6-4-5-7-25(22)30-26(28(24)27-23)20-10-8-18(3)9-11-20/h4-15,17,24,26H,16H2,1-3H3. The van der Waals surface area contributed by atoms with E-state index in [9.17, 15) is 0 Å². The summed E-state index contributed by atoms with van der Waals surface area (Å²) in [5, 5.41) is 7.16. The van der Waals surface area contributed by atoms with Crippen molar-refractivity contribution >= 4 is 5.71 Å². The molecule has 0 saturated heterocycles. The minimum Gasteiger partial charge on any atom is -0.491 e. The second-order valence-electron chi connectivity index (χ2n) is 8.26.